The minimum atomic E-state index is -0.541. The van der Waals surface area contributed by atoms with E-state index >= 15 is 0 Å². The Hall–Kier alpha value is -3.71. The van der Waals surface area contributed by atoms with Gasteiger partial charge in [-0.05, 0) is 37.1 Å². The molecule has 1 N–H and O–H groups in total. The van der Waals surface area contributed by atoms with Crippen molar-refractivity contribution in [3.05, 3.63) is 107 Å². The van der Waals surface area contributed by atoms with Crippen molar-refractivity contribution in [1.29, 1.82) is 0 Å². The molecule has 0 aliphatic carbocycles. The molecule has 34 heavy (non-hydrogen) atoms. The molecule has 0 bridgehead atoms. The zero-order valence-electron chi connectivity index (χ0n) is 19.1. The van der Waals surface area contributed by atoms with Crippen LogP contribution in [0.2, 0.25) is 0 Å². The van der Waals surface area contributed by atoms with Gasteiger partial charge in [0, 0.05) is 24.2 Å². The fourth-order valence-corrected chi connectivity index (χ4v) is 4.78. The maximum Gasteiger partial charge on any atom is 0.242 e. The van der Waals surface area contributed by atoms with Crippen LogP contribution in [-0.4, -0.2) is 26.5 Å². The number of nitrogens with one attached hydrogen (secondary N) is 1. The van der Waals surface area contributed by atoms with Crippen molar-refractivity contribution in [3.63, 3.8) is 0 Å². The van der Waals surface area contributed by atoms with Crippen LogP contribution >= 0.6 is 11.8 Å². The molecule has 7 heteroatoms. The van der Waals surface area contributed by atoms with E-state index in [1.165, 1.54) is 18.7 Å². The number of Topliss-reactive ketones (excluding diaryl/α,β-unsaturated/α-hetero) is 1. The molecule has 0 aliphatic heterocycles. The molecule has 0 radical (unpaired) electrons. The molecule has 172 valence electrons. The Morgan fingerprint density at radius 1 is 0.941 bits per heavy atom. The quantitative estimate of drug-likeness (QED) is 0.256. The number of hydrogen-bond acceptors (Lipinski definition) is 5. The molecule has 1 amide bonds. The average molecular weight is 471 g/mol. The van der Waals surface area contributed by atoms with Crippen molar-refractivity contribution in [2.75, 3.05) is 5.32 Å². The number of nitrogens with zero attached hydrogens (tertiary/aromatic N) is 3. The normalized spacial score (nSPS) is 11.7. The minimum Gasteiger partial charge on any atom is -0.325 e. The maximum atomic E-state index is 13.4. The molecule has 1 unspecified atom stereocenters. The lowest BCUT2D eigenvalue weighted by Gasteiger charge is -2.17. The molecular weight excluding hydrogens is 444 g/mol. The van der Waals surface area contributed by atoms with E-state index in [-0.39, 0.29) is 11.7 Å². The highest BCUT2D eigenvalue weighted by Crippen LogP contribution is 2.36. The summed E-state index contributed by atoms with van der Waals surface area (Å²) in [4.78, 5) is 25.2. The molecule has 6 nitrogen and oxygen atoms in total. The average Bonchev–Trinajstić information content (AvgIpc) is 3.24. The van der Waals surface area contributed by atoms with Crippen LogP contribution in [0.1, 0.15) is 46.4 Å². The van der Waals surface area contributed by atoms with E-state index in [1.54, 1.807) is 24.3 Å². The third-order valence-electron chi connectivity index (χ3n) is 5.42. The fraction of sp³-hybridized carbons (Fsp3) is 0.185. The molecule has 3 aromatic carbocycles. The Morgan fingerprint density at radius 2 is 1.65 bits per heavy atom. The maximum absolute atomic E-state index is 13.4. The Labute approximate surface area is 203 Å². The van der Waals surface area contributed by atoms with E-state index in [9.17, 15) is 9.59 Å². The second kappa shape index (κ2) is 10.9. The van der Waals surface area contributed by atoms with E-state index in [2.05, 4.69) is 32.2 Å². The van der Waals surface area contributed by atoms with Crippen molar-refractivity contribution in [1.82, 2.24) is 14.8 Å². The summed E-state index contributed by atoms with van der Waals surface area (Å²) in [6, 6.07) is 26.7. The first-order chi connectivity index (χ1) is 16.5. The molecule has 1 heterocycles. The first kappa shape index (κ1) is 23.4. The molecule has 1 aromatic heterocycles. The zero-order chi connectivity index (χ0) is 23.9. The number of amides is 1. The standard InChI is InChI=1S/C27H26N4O2S/c1-3-31-24(17-20-11-6-4-7-12-20)29-30-27(31)34-25(21-13-8-5-9-14-21)26(33)28-23-16-10-15-22(18-23)19(2)32/h4-16,18,25H,3,17H2,1-2H3,(H,28,33). The lowest BCUT2D eigenvalue weighted by atomic mass is 10.1. The van der Waals surface area contributed by atoms with Gasteiger partial charge in [0.05, 0.1) is 0 Å². The summed E-state index contributed by atoms with van der Waals surface area (Å²) in [7, 11) is 0. The van der Waals surface area contributed by atoms with Crippen LogP contribution < -0.4 is 5.32 Å². The molecule has 0 fully saturated rings. The van der Waals surface area contributed by atoms with Crippen LogP contribution in [0.3, 0.4) is 0 Å². The highest BCUT2D eigenvalue weighted by atomic mass is 32.2. The SMILES string of the molecule is CCn1c(Cc2ccccc2)nnc1SC(C(=O)Nc1cccc(C(C)=O)c1)c1ccccc1. The Kier molecular flexibility index (Phi) is 7.54. The smallest absolute Gasteiger partial charge is 0.242 e. The molecule has 4 rings (SSSR count). The number of rotatable bonds is 9. The molecule has 0 saturated heterocycles. The highest BCUT2D eigenvalue weighted by Gasteiger charge is 2.26. The lowest BCUT2D eigenvalue weighted by molar-refractivity contribution is -0.115. The largest absolute Gasteiger partial charge is 0.325 e. The van der Waals surface area contributed by atoms with E-state index in [4.69, 9.17) is 0 Å². The van der Waals surface area contributed by atoms with Gasteiger partial charge in [0.25, 0.3) is 0 Å². The summed E-state index contributed by atoms with van der Waals surface area (Å²) >= 11 is 1.37. The van der Waals surface area contributed by atoms with Gasteiger partial charge in [0.15, 0.2) is 10.9 Å². The second-order valence-electron chi connectivity index (χ2n) is 7.84. The van der Waals surface area contributed by atoms with Crippen LogP contribution in [0.5, 0.6) is 0 Å². The van der Waals surface area contributed by atoms with Gasteiger partial charge in [-0.3, -0.25) is 9.59 Å². The van der Waals surface area contributed by atoms with Crippen molar-refractivity contribution in [2.45, 2.75) is 37.2 Å². The molecule has 0 saturated carbocycles. The summed E-state index contributed by atoms with van der Waals surface area (Å²) < 4.78 is 2.05. The van der Waals surface area contributed by atoms with Gasteiger partial charge in [-0.15, -0.1) is 10.2 Å². The third-order valence-corrected chi connectivity index (χ3v) is 6.65. The number of benzene rings is 3. The third kappa shape index (κ3) is 5.61. The predicted molar refractivity (Wildman–Crippen MR) is 135 cm³/mol. The van der Waals surface area contributed by atoms with E-state index in [0.29, 0.717) is 29.4 Å². The van der Waals surface area contributed by atoms with Gasteiger partial charge in [0.1, 0.15) is 11.1 Å². The molecule has 0 spiro atoms. The minimum absolute atomic E-state index is 0.0490. The first-order valence-electron chi connectivity index (χ1n) is 11.1. The van der Waals surface area contributed by atoms with Gasteiger partial charge in [0.2, 0.25) is 5.91 Å². The van der Waals surface area contributed by atoms with E-state index in [0.717, 1.165) is 17.0 Å². The van der Waals surface area contributed by atoms with Crippen LogP contribution in [0.15, 0.2) is 90.1 Å². The highest BCUT2D eigenvalue weighted by molar-refractivity contribution is 8.00. The van der Waals surface area contributed by atoms with E-state index in [1.807, 2.05) is 55.5 Å². The predicted octanol–water partition coefficient (Wildman–Crippen LogP) is 5.56. The lowest BCUT2D eigenvalue weighted by Crippen LogP contribution is -2.20. The van der Waals surface area contributed by atoms with Gasteiger partial charge in [-0.2, -0.15) is 0 Å². The molecule has 4 aromatic rings. The van der Waals surface area contributed by atoms with Crippen molar-refractivity contribution in [3.8, 4) is 0 Å². The molecule has 0 aliphatic rings. The number of aromatic nitrogens is 3. The Bertz CT molecular complexity index is 1270. The van der Waals surface area contributed by atoms with Crippen LogP contribution in [0.25, 0.3) is 0 Å². The number of thioether (sulfide) groups is 1. The topological polar surface area (TPSA) is 76.9 Å². The van der Waals surface area contributed by atoms with Crippen LogP contribution in [-0.2, 0) is 17.8 Å². The van der Waals surface area contributed by atoms with Gasteiger partial charge >= 0.3 is 0 Å². The summed E-state index contributed by atoms with van der Waals surface area (Å²) in [5.74, 6) is 0.622. The number of carbonyl (C=O) groups is 2. The molecule has 1 atom stereocenters. The second-order valence-corrected chi connectivity index (χ2v) is 8.91. The summed E-state index contributed by atoms with van der Waals surface area (Å²) in [6.07, 6.45) is 0.669. The summed E-state index contributed by atoms with van der Waals surface area (Å²) in [5.41, 5.74) is 3.16. The zero-order valence-corrected chi connectivity index (χ0v) is 20.0. The number of anilines is 1. The first-order valence-corrected chi connectivity index (χ1v) is 12.0. The fourth-order valence-electron chi connectivity index (χ4n) is 3.66. The summed E-state index contributed by atoms with van der Waals surface area (Å²) in [5, 5.41) is 12.0. The van der Waals surface area contributed by atoms with Crippen LogP contribution in [0, 0.1) is 0 Å². The van der Waals surface area contributed by atoms with Gasteiger partial charge in [-0.25, -0.2) is 0 Å². The van der Waals surface area contributed by atoms with E-state index < -0.39 is 5.25 Å². The molecular formula is C27H26N4O2S. The van der Waals surface area contributed by atoms with Gasteiger partial charge in [-0.1, -0.05) is 84.6 Å². The van der Waals surface area contributed by atoms with Crippen molar-refractivity contribution >= 4 is 29.1 Å². The van der Waals surface area contributed by atoms with Crippen LogP contribution in [0.4, 0.5) is 5.69 Å². The summed E-state index contributed by atoms with van der Waals surface area (Å²) in [6.45, 7) is 4.25. The Morgan fingerprint density at radius 3 is 2.32 bits per heavy atom. The number of hydrogen-bond donors (Lipinski definition) is 1. The number of carbonyl (C=O) groups excluding carboxylic acids is 2. The Balaban J connectivity index is 1.61. The number of ketones is 1. The van der Waals surface area contributed by atoms with Gasteiger partial charge < -0.3 is 9.88 Å². The van der Waals surface area contributed by atoms with Crippen molar-refractivity contribution in [2.24, 2.45) is 0 Å². The monoisotopic (exact) mass is 470 g/mol. The van der Waals surface area contributed by atoms with Crippen molar-refractivity contribution < 1.29 is 9.59 Å².